The minimum atomic E-state index is 0.0292. The molecule has 1 amide bonds. The number of amides is 1. The molecule has 6 rings (SSSR count). The largest absolute Gasteiger partial charge is 0.378 e. The lowest BCUT2D eigenvalue weighted by atomic mass is 10.1. The number of pyridine rings is 1. The number of carbonyl (C=O) groups excluding carboxylic acids is 1. The van der Waals surface area contributed by atoms with Crippen LogP contribution in [0, 0.1) is 0 Å². The van der Waals surface area contributed by atoms with Crippen LogP contribution < -0.4 is 0 Å². The minimum absolute atomic E-state index is 0.0292. The number of rotatable bonds is 5. The summed E-state index contributed by atoms with van der Waals surface area (Å²) in [6, 6.07) is 10.1. The van der Waals surface area contributed by atoms with Crippen molar-refractivity contribution in [3.8, 4) is 17.2 Å². The van der Waals surface area contributed by atoms with E-state index in [1.54, 1.807) is 11.8 Å². The number of morpholine rings is 1. The molecule has 0 bridgehead atoms. The highest BCUT2D eigenvalue weighted by atomic mass is 32.2. The number of ether oxygens (including phenoxy) is 1. The Morgan fingerprint density at radius 1 is 1.06 bits per heavy atom. The minimum Gasteiger partial charge on any atom is -0.378 e. The zero-order chi connectivity index (χ0) is 23.1. The molecule has 1 saturated carbocycles. The molecule has 0 spiro atoms. The van der Waals surface area contributed by atoms with Crippen molar-refractivity contribution in [2.24, 2.45) is 0 Å². The second kappa shape index (κ2) is 8.85. The maximum absolute atomic E-state index is 13.1. The molecule has 1 aromatic carbocycles. The Hall–Kier alpha value is -3.23. The van der Waals surface area contributed by atoms with Gasteiger partial charge < -0.3 is 9.64 Å². The SMILES string of the molecule is CSc1cn(-c2ncc(-c3cc(C4CC4)ccn3)cn2)c2cc(C(=O)N3CCOCC3)ccc12. The van der Waals surface area contributed by atoms with E-state index in [1.165, 1.54) is 18.4 Å². The van der Waals surface area contributed by atoms with Crippen molar-refractivity contribution >= 4 is 28.6 Å². The third kappa shape index (κ3) is 3.97. The van der Waals surface area contributed by atoms with Crippen molar-refractivity contribution < 1.29 is 9.53 Å². The molecule has 172 valence electrons. The predicted octanol–water partition coefficient (Wildman–Crippen LogP) is 4.55. The van der Waals surface area contributed by atoms with Crippen LogP contribution in [-0.2, 0) is 4.74 Å². The van der Waals surface area contributed by atoms with Gasteiger partial charge in [0.2, 0.25) is 5.95 Å². The van der Waals surface area contributed by atoms with Crippen LogP contribution >= 0.6 is 11.8 Å². The van der Waals surface area contributed by atoms with Crippen molar-refractivity contribution in [2.45, 2.75) is 23.7 Å². The molecule has 0 atom stereocenters. The molecular formula is C26H25N5O2S. The molecule has 1 aliphatic carbocycles. The standard InChI is InChI=1S/C26H25N5O2S/c1-34-24-16-31(23-13-19(4-5-21(23)24)25(32)30-8-10-33-11-9-30)26-28-14-20(15-29-26)22-12-18(6-7-27-22)17-2-3-17/h4-7,12-17H,2-3,8-11H2,1H3. The Morgan fingerprint density at radius 2 is 1.85 bits per heavy atom. The van der Waals surface area contributed by atoms with E-state index in [0.717, 1.165) is 27.1 Å². The third-order valence-electron chi connectivity index (χ3n) is 6.52. The van der Waals surface area contributed by atoms with Gasteiger partial charge in [0, 0.05) is 59.3 Å². The highest BCUT2D eigenvalue weighted by molar-refractivity contribution is 7.98. The van der Waals surface area contributed by atoms with Gasteiger partial charge in [0.1, 0.15) is 0 Å². The third-order valence-corrected chi connectivity index (χ3v) is 7.28. The van der Waals surface area contributed by atoms with Crippen molar-refractivity contribution in [2.75, 3.05) is 32.6 Å². The van der Waals surface area contributed by atoms with Gasteiger partial charge in [-0.2, -0.15) is 0 Å². The lowest BCUT2D eigenvalue weighted by Gasteiger charge is -2.26. The normalized spacial score (nSPS) is 16.2. The molecule has 4 heterocycles. The first-order chi connectivity index (χ1) is 16.7. The Morgan fingerprint density at radius 3 is 2.59 bits per heavy atom. The fraction of sp³-hybridized carbons (Fsp3) is 0.308. The van der Waals surface area contributed by atoms with Gasteiger partial charge >= 0.3 is 0 Å². The van der Waals surface area contributed by atoms with E-state index < -0.39 is 0 Å². The molecule has 0 unspecified atom stereocenters. The van der Waals surface area contributed by atoms with Crippen molar-refractivity contribution in [3.05, 3.63) is 66.2 Å². The number of nitrogens with zero attached hydrogens (tertiary/aromatic N) is 5. The lowest BCUT2D eigenvalue weighted by Crippen LogP contribution is -2.40. The fourth-order valence-electron chi connectivity index (χ4n) is 4.46. The zero-order valence-corrected chi connectivity index (χ0v) is 19.8. The number of hydrogen-bond donors (Lipinski definition) is 0. The Balaban J connectivity index is 1.35. The van der Waals surface area contributed by atoms with Crippen LogP contribution in [0.1, 0.15) is 34.7 Å². The van der Waals surface area contributed by atoms with Crippen LogP contribution in [-0.4, -0.2) is 62.9 Å². The first kappa shape index (κ1) is 21.3. The summed E-state index contributed by atoms with van der Waals surface area (Å²) < 4.78 is 7.36. The molecule has 2 fully saturated rings. The van der Waals surface area contributed by atoms with Crippen molar-refractivity contribution in [3.63, 3.8) is 0 Å². The smallest absolute Gasteiger partial charge is 0.254 e. The average Bonchev–Trinajstić information content (AvgIpc) is 3.70. The fourth-order valence-corrected chi connectivity index (χ4v) is 5.06. The summed E-state index contributed by atoms with van der Waals surface area (Å²) in [6.45, 7) is 2.40. The van der Waals surface area contributed by atoms with E-state index in [2.05, 4.69) is 27.1 Å². The monoisotopic (exact) mass is 471 g/mol. The molecule has 8 heteroatoms. The molecule has 1 aliphatic heterocycles. The average molecular weight is 472 g/mol. The maximum Gasteiger partial charge on any atom is 0.254 e. The molecule has 3 aromatic heterocycles. The van der Waals surface area contributed by atoms with Gasteiger partial charge in [-0.1, -0.05) is 6.07 Å². The molecule has 0 N–H and O–H groups in total. The molecule has 2 aliphatic rings. The number of benzene rings is 1. The van der Waals surface area contributed by atoms with E-state index in [4.69, 9.17) is 4.74 Å². The van der Waals surface area contributed by atoms with Gasteiger partial charge in [-0.3, -0.25) is 14.3 Å². The van der Waals surface area contributed by atoms with Gasteiger partial charge in [-0.15, -0.1) is 11.8 Å². The number of thioether (sulfide) groups is 1. The van der Waals surface area contributed by atoms with Gasteiger partial charge in [-0.25, -0.2) is 9.97 Å². The highest BCUT2D eigenvalue weighted by Crippen LogP contribution is 2.40. The van der Waals surface area contributed by atoms with Crippen LogP contribution in [0.3, 0.4) is 0 Å². The summed E-state index contributed by atoms with van der Waals surface area (Å²) in [4.78, 5) is 29.9. The summed E-state index contributed by atoms with van der Waals surface area (Å²) in [6.07, 6.45) is 12.1. The zero-order valence-electron chi connectivity index (χ0n) is 19.0. The van der Waals surface area contributed by atoms with Gasteiger partial charge in [0.25, 0.3) is 5.91 Å². The molecule has 0 radical (unpaired) electrons. The summed E-state index contributed by atoms with van der Waals surface area (Å²) in [7, 11) is 0. The van der Waals surface area contributed by atoms with Crippen molar-refractivity contribution in [1.29, 1.82) is 0 Å². The maximum atomic E-state index is 13.1. The Bertz CT molecular complexity index is 1360. The van der Waals surface area contributed by atoms with Gasteiger partial charge in [-0.05, 0) is 54.8 Å². The number of fused-ring (bicyclic) bond motifs is 1. The second-order valence-electron chi connectivity index (χ2n) is 8.72. The van der Waals surface area contributed by atoms with Crippen LogP contribution in [0.2, 0.25) is 0 Å². The second-order valence-corrected chi connectivity index (χ2v) is 9.57. The molecular weight excluding hydrogens is 446 g/mol. The molecule has 34 heavy (non-hydrogen) atoms. The van der Waals surface area contributed by atoms with E-state index in [0.29, 0.717) is 43.7 Å². The van der Waals surface area contributed by atoms with Crippen LogP contribution in [0.5, 0.6) is 0 Å². The lowest BCUT2D eigenvalue weighted by molar-refractivity contribution is 0.0303. The number of carbonyl (C=O) groups is 1. The highest BCUT2D eigenvalue weighted by Gasteiger charge is 2.24. The first-order valence-electron chi connectivity index (χ1n) is 11.6. The summed E-state index contributed by atoms with van der Waals surface area (Å²) in [5.41, 5.74) is 4.73. The van der Waals surface area contributed by atoms with Gasteiger partial charge in [0.15, 0.2) is 0 Å². The molecule has 7 nitrogen and oxygen atoms in total. The molecule has 4 aromatic rings. The molecule has 1 saturated heterocycles. The van der Waals surface area contributed by atoms with Crippen molar-refractivity contribution in [1.82, 2.24) is 24.4 Å². The van der Waals surface area contributed by atoms with E-state index in [9.17, 15) is 4.79 Å². The Kier molecular flexibility index (Phi) is 5.55. The number of aromatic nitrogens is 4. The van der Waals surface area contributed by atoms with Gasteiger partial charge in [0.05, 0.1) is 24.4 Å². The predicted molar refractivity (Wildman–Crippen MR) is 133 cm³/mol. The van der Waals surface area contributed by atoms with Crippen LogP contribution in [0.4, 0.5) is 0 Å². The number of hydrogen-bond acceptors (Lipinski definition) is 6. The topological polar surface area (TPSA) is 73.1 Å². The van der Waals surface area contributed by atoms with Crippen LogP contribution in [0.15, 0.2) is 60.0 Å². The Labute approximate surface area is 202 Å². The van der Waals surface area contributed by atoms with E-state index in [1.807, 2.05) is 58.7 Å². The summed E-state index contributed by atoms with van der Waals surface area (Å²) >= 11 is 1.67. The summed E-state index contributed by atoms with van der Waals surface area (Å²) in [5.74, 6) is 1.28. The van der Waals surface area contributed by atoms with E-state index >= 15 is 0 Å². The first-order valence-corrected chi connectivity index (χ1v) is 12.8. The summed E-state index contributed by atoms with van der Waals surface area (Å²) in [5, 5.41) is 1.08. The quantitative estimate of drug-likeness (QED) is 0.398. The van der Waals surface area contributed by atoms with E-state index in [-0.39, 0.29) is 5.91 Å². The van der Waals surface area contributed by atoms with Crippen LogP contribution in [0.25, 0.3) is 28.1 Å².